The molecule has 1 N–H and O–H groups in total. The number of benzene rings is 2. The fourth-order valence-electron chi connectivity index (χ4n) is 4.95. The van der Waals surface area contributed by atoms with Gasteiger partial charge in [0.25, 0.3) is 0 Å². The molecule has 2 amide bonds. The summed E-state index contributed by atoms with van der Waals surface area (Å²) in [7, 11) is 0. The summed E-state index contributed by atoms with van der Waals surface area (Å²) in [4.78, 5) is 27.8. The number of carbonyl (C=O) groups is 2. The first kappa shape index (κ1) is 27.6. The Bertz CT molecular complexity index is 1250. The van der Waals surface area contributed by atoms with E-state index >= 15 is 0 Å². The van der Waals surface area contributed by atoms with E-state index in [1.165, 1.54) is 6.42 Å². The number of hydrogen-bond donors (Lipinski definition) is 1. The lowest BCUT2D eigenvalue weighted by atomic mass is 9.95. The first-order valence-electron chi connectivity index (χ1n) is 14.0. The van der Waals surface area contributed by atoms with Crippen molar-refractivity contribution in [3.05, 3.63) is 54.1 Å². The number of nitrogens with one attached hydrogen (secondary N) is 1. The molecular weight excluding hydrogens is 474 g/mol. The lowest BCUT2D eigenvalue weighted by Crippen LogP contribution is -2.33. The van der Waals surface area contributed by atoms with Gasteiger partial charge < -0.3 is 10.2 Å². The summed E-state index contributed by atoms with van der Waals surface area (Å²) >= 11 is 0. The van der Waals surface area contributed by atoms with Crippen molar-refractivity contribution in [1.82, 2.24) is 20.3 Å². The van der Waals surface area contributed by atoms with Crippen LogP contribution >= 0.6 is 0 Å². The molecular formula is C31H41N5O2. The first-order valence-corrected chi connectivity index (χ1v) is 14.0. The van der Waals surface area contributed by atoms with E-state index in [1.54, 1.807) is 4.90 Å². The molecule has 0 atom stereocenters. The van der Waals surface area contributed by atoms with E-state index in [2.05, 4.69) is 55.5 Å². The van der Waals surface area contributed by atoms with Crippen LogP contribution in [0.5, 0.6) is 0 Å². The summed E-state index contributed by atoms with van der Waals surface area (Å²) in [5, 5.41) is 12.2. The normalized spacial score (nSPS) is 12.5. The van der Waals surface area contributed by atoms with Gasteiger partial charge in [0, 0.05) is 37.1 Å². The Morgan fingerprint density at radius 3 is 2.37 bits per heavy atom. The van der Waals surface area contributed by atoms with Crippen LogP contribution in [-0.2, 0) is 22.7 Å². The molecule has 0 radical (unpaired) electrons. The van der Waals surface area contributed by atoms with Crippen molar-refractivity contribution in [2.24, 2.45) is 11.8 Å². The molecule has 1 aliphatic rings. The number of fused-ring (bicyclic) bond motifs is 5. The van der Waals surface area contributed by atoms with Crippen molar-refractivity contribution in [1.29, 1.82) is 0 Å². The third-order valence-electron chi connectivity index (χ3n) is 7.10. The highest BCUT2D eigenvalue weighted by Gasteiger charge is 2.29. The molecule has 1 aliphatic heterocycles. The van der Waals surface area contributed by atoms with E-state index in [4.69, 9.17) is 0 Å². The summed E-state index contributed by atoms with van der Waals surface area (Å²) in [6.45, 7) is 10.6. The average molecular weight is 516 g/mol. The lowest BCUT2D eigenvalue weighted by Gasteiger charge is -2.28. The van der Waals surface area contributed by atoms with Crippen LogP contribution in [0.25, 0.3) is 22.5 Å². The van der Waals surface area contributed by atoms with Gasteiger partial charge in [-0.1, -0.05) is 88.2 Å². The van der Waals surface area contributed by atoms with E-state index in [9.17, 15) is 9.59 Å². The van der Waals surface area contributed by atoms with Crippen LogP contribution in [0.4, 0.5) is 5.69 Å². The number of unbranched alkanes of at least 4 members (excludes halogenated alkanes) is 1. The average Bonchev–Trinajstić information content (AvgIpc) is 3.30. The SMILES string of the molecule is CC(C)CCCCn1nnc2c1-c1ccccc1CN(C(=O)CCC(=O)NCCC(C)C)c1ccccc1-2. The number of nitrogens with zero attached hydrogens (tertiary/aromatic N) is 4. The van der Waals surface area contributed by atoms with Gasteiger partial charge in [-0.15, -0.1) is 5.10 Å². The quantitative estimate of drug-likeness (QED) is 0.307. The lowest BCUT2D eigenvalue weighted by molar-refractivity contribution is -0.125. The number of para-hydroxylation sites is 1. The number of anilines is 1. The number of amides is 2. The number of hydrogen-bond acceptors (Lipinski definition) is 4. The smallest absolute Gasteiger partial charge is 0.227 e. The summed E-state index contributed by atoms with van der Waals surface area (Å²) in [6.07, 6.45) is 4.65. The summed E-state index contributed by atoms with van der Waals surface area (Å²) < 4.78 is 2.03. The fraction of sp³-hybridized carbons (Fsp3) is 0.484. The molecule has 0 unspecified atom stereocenters. The zero-order valence-corrected chi connectivity index (χ0v) is 23.2. The van der Waals surface area contributed by atoms with Crippen molar-refractivity contribution in [3.63, 3.8) is 0 Å². The minimum atomic E-state index is -0.0811. The number of aryl methyl sites for hydroxylation is 1. The molecule has 7 heteroatoms. The van der Waals surface area contributed by atoms with Gasteiger partial charge in [-0.25, -0.2) is 4.68 Å². The molecule has 3 aromatic rings. The third kappa shape index (κ3) is 6.69. The molecule has 0 fully saturated rings. The topological polar surface area (TPSA) is 80.1 Å². The zero-order valence-electron chi connectivity index (χ0n) is 23.2. The van der Waals surface area contributed by atoms with Crippen LogP contribution in [-0.4, -0.2) is 33.4 Å². The maximum absolute atomic E-state index is 13.6. The van der Waals surface area contributed by atoms with Gasteiger partial charge in [-0.2, -0.15) is 0 Å². The van der Waals surface area contributed by atoms with Gasteiger partial charge in [0.2, 0.25) is 11.8 Å². The number of aromatic nitrogens is 3. The van der Waals surface area contributed by atoms with E-state index in [0.717, 1.165) is 59.6 Å². The minimum absolute atomic E-state index is 0.0733. The second-order valence-corrected chi connectivity index (χ2v) is 11.1. The molecule has 202 valence electrons. The molecule has 7 nitrogen and oxygen atoms in total. The van der Waals surface area contributed by atoms with Crippen molar-refractivity contribution in [2.45, 2.75) is 79.3 Å². The fourth-order valence-corrected chi connectivity index (χ4v) is 4.95. The second-order valence-electron chi connectivity index (χ2n) is 11.1. The Morgan fingerprint density at radius 2 is 1.61 bits per heavy atom. The van der Waals surface area contributed by atoms with Gasteiger partial charge in [-0.3, -0.25) is 9.59 Å². The van der Waals surface area contributed by atoms with Gasteiger partial charge in [0.15, 0.2) is 0 Å². The van der Waals surface area contributed by atoms with Crippen molar-refractivity contribution >= 4 is 17.5 Å². The van der Waals surface area contributed by atoms with Gasteiger partial charge in [0.05, 0.1) is 17.9 Å². The van der Waals surface area contributed by atoms with E-state index in [1.807, 2.05) is 41.1 Å². The van der Waals surface area contributed by atoms with Crippen LogP contribution in [0.2, 0.25) is 0 Å². The molecule has 2 aromatic carbocycles. The largest absolute Gasteiger partial charge is 0.356 e. The Hall–Kier alpha value is -3.48. The van der Waals surface area contributed by atoms with Crippen molar-refractivity contribution in [2.75, 3.05) is 11.4 Å². The van der Waals surface area contributed by atoms with Gasteiger partial charge >= 0.3 is 0 Å². The minimum Gasteiger partial charge on any atom is -0.356 e. The highest BCUT2D eigenvalue weighted by Crippen LogP contribution is 2.41. The molecule has 0 aliphatic carbocycles. The van der Waals surface area contributed by atoms with Crippen LogP contribution in [0.3, 0.4) is 0 Å². The Morgan fingerprint density at radius 1 is 0.895 bits per heavy atom. The molecule has 0 spiro atoms. The molecule has 1 aromatic heterocycles. The number of rotatable bonds is 11. The molecule has 38 heavy (non-hydrogen) atoms. The highest BCUT2D eigenvalue weighted by molar-refractivity contribution is 6.01. The summed E-state index contributed by atoms with van der Waals surface area (Å²) in [5.74, 6) is 1.06. The number of carbonyl (C=O) groups excluding carboxylic acids is 2. The van der Waals surface area contributed by atoms with Crippen molar-refractivity contribution < 1.29 is 9.59 Å². The molecule has 2 heterocycles. The van der Waals surface area contributed by atoms with E-state index < -0.39 is 0 Å². The van der Waals surface area contributed by atoms with E-state index in [0.29, 0.717) is 24.9 Å². The van der Waals surface area contributed by atoms with E-state index in [-0.39, 0.29) is 24.7 Å². The van der Waals surface area contributed by atoms with Crippen LogP contribution in [0.1, 0.15) is 71.8 Å². The van der Waals surface area contributed by atoms with Crippen LogP contribution in [0.15, 0.2) is 48.5 Å². The van der Waals surface area contributed by atoms with Crippen LogP contribution in [0, 0.1) is 11.8 Å². The molecule has 0 saturated carbocycles. The Kier molecular flexibility index (Phi) is 9.32. The first-order chi connectivity index (χ1) is 18.3. The maximum Gasteiger partial charge on any atom is 0.227 e. The molecule has 0 bridgehead atoms. The summed E-state index contributed by atoms with van der Waals surface area (Å²) in [6, 6.07) is 16.1. The Balaban J connectivity index is 1.62. The predicted octanol–water partition coefficient (Wildman–Crippen LogP) is 6.23. The van der Waals surface area contributed by atoms with Crippen molar-refractivity contribution in [3.8, 4) is 22.5 Å². The standard InChI is InChI=1S/C31H41N5O2/c1-22(2)11-9-10-20-36-31-25-13-6-5-12-24(25)21-35(27-15-8-7-14-26(27)30(31)33-34-36)29(38)17-16-28(37)32-19-18-23(3)4/h5-8,12-15,22-23H,9-11,16-21H2,1-4H3,(H,32,37). The molecule has 4 rings (SSSR count). The Labute approximate surface area is 226 Å². The third-order valence-corrected chi connectivity index (χ3v) is 7.10. The second kappa shape index (κ2) is 12.9. The predicted molar refractivity (Wildman–Crippen MR) is 152 cm³/mol. The van der Waals surface area contributed by atoms with Crippen LogP contribution < -0.4 is 10.2 Å². The summed E-state index contributed by atoms with van der Waals surface area (Å²) in [5.41, 5.74) is 5.59. The maximum atomic E-state index is 13.6. The highest BCUT2D eigenvalue weighted by atomic mass is 16.2. The van der Waals surface area contributed by atoms with Gasteiger partial charge in [-0.05, 0) is 36.3 Å². The monoisotopic (exact) mass is 515 g/mol. The van der Waals surface area contributed by atoms with Gasteiger partial charge in [0.1, 0.15) is 5.69 Å². The zero-order chi connectivity index (χ0) is 27.1. The molecule has 0 saturated heterocycles.